The summed E-state index contributed by atoms with van der Waals surface area (Å²) in [4.78, 5) is 11.8. The van der Waals surface area contributed by atoms with E-state index in [0.717, 1.165) is 0 Å². The van der Waals surface area contributed by atoms with Crippen molar-refractivity contribution in [1.82, 2.24) is 0 Å². The largest absolute Gasteiger partial charge is 0.325 e. The summed E-state index contributed by atoms with van der Waals surface area (Å²) in [6.45, 7) is 5.29. The number of anilines is 1. The lowest BCUT2D eigenvalue weighted by Gasteiger charge is -2.16. The molecule has 0 aliphatic rings. The molecule has 19 heavy (non-hydrogen) atoms. The van der Waals surface area contributed by atoms with Gasteiger partial charge in [0.05, 0.1) is 10.9 Å². The molecule has 0 fully saturated rings. The predicted octanol–water partition coefficient (Wildman–Crippen LogP) is 0.564. The van der Waals surface area contributed by atoms with Crippen molar-refractivity contribution in [2.75, 3.05) is 5.32 Å². The number of carbonyl (C=O) groups is 1. The average Bonchev–Trinajstić information content (AvgIpc) is 2.28. The quantitative estimate of drug-likeness (QED) is 0.749. The van der Waals surface area contributed by atoms with Crippen molar-refractivity contribution in [3.8, 4) is 0 Å². The molecule has 7 heteroatoms. The van der Waals surface area contributed by atoms with Crippen LogP contribution in [0.25, 0.3) is 0 Å². The van der Waals surface area contributed by atoms with Gasteiger partial charge in [-0.2, -0.15) is 0 Å². The molecule has 0 aliphatic heterocycles. The Kier molecular flexibility index (Phi) is 4.67. The van der Waals surface area contributed by atoms with Gasteiger partial charge in [-0.15, -0.1) is 0 Å². The number of primary sulfonamides is 1. The van der Waals surface area contributed by atoms with Crippen LogP contribution < -0.4 is 16.2 Å². The first kappa shape index (κ1) is 15.6. The fraction of sp³-hybridized carbons (Fsp3) is 0.417. The molecule has 0 aromatic heterocycles. The van der Waals surface area contributed by atoms with Crippen LogP contribution in [0.3, 0.4) is 0 Å². The summed E-state index contributed by atoms with van der Waals surface area (Å²) < 4.78 is 22.7. The SMILES string of the molecule is Cc1ccc(NC(=O)[C@H](N)C(C)C)cc1S(N)(=O)=O. The Morgan fingerprint density at radius 1 is 1.32 bits per heavy atom. The van der Waals surface area contributed by atoms with Crippen molar-refractivity contribution < 1.29 is 13.2 Å². The van der Waals surface area contributed by atoms with Crippen LogP contribution >= 0.6 is 0 Å². The number of amides is 1. The number of sulfonamides is 1. The van der Waals surface area contributed by atoms with Gasteiger partial charge in [0.15, 0.2) is 0 Å². The first-order valence-electron chi connectivity index (χ1n) is 5.83. The van der Waals surface area contributed by atoms with E-state index >= 15 is 0 Å². The van der Waals surface area contributed by atoms with Gasteiger partial charge in [-0.1, -0.05) is 19.9 Å². The topological polar surface area (TPSA) is 115 Å². The Balaban J connectivity index is 3.02. The highest BCUT2D eigenvalue weighted by molar-refractivity contribution is 7.89. The molecule has 0 bridgehead atoms. The molecule has 0 spiro atoms. The van der Waals surface area contributed by atoms with Crippen LogP contribution in [0, 0.1) is 12.8 Å². The first-order chi connectivity index (χ1) is 8.62. The Bertz CT molecular complexity index is 582. The normalized spacial score (nSPS) is 13.4. The van der Waals surface area contributed by atoms with Crippen molar-refractivity contribution in [2.24, 2.45) is 16.8 Å². The van der Waals surface area contributed by atoms with Gasteiger partial charge in [-0.05, 0) is 30.5 Å². The molecule has 106 valence electrons. The highest BCUT2D eigenvalue weighted by Crippen LogP contribution is 2.19. The minimum atomic E-state index is -3.81. The van der Waals surface area contributed by atoms with E-state index in [-0.39, 0.29) is 16.7 Å². The number of aryl methyl sites for hydroxylation is 1. The lowest BCUT2D eigenvalue weighted by molar-refractivity contribution is -0.118. The molecule has 0 radical (unpaired) electrons. The minimum Gasteiger partial charge on any atom is -0.325 e. The Morgan fingerprint density at radius 3 is 2.37 bits per heavy atom. The molecule has 0 unspecified atom stereocenters. The number of carbonyl (C=O) groups excluding carboxylic acids is 1. The predicted molar refractivity (Wildman–Crippen MR) is 74.0 cm³/mol. The zero-order valence-corrected chi connectivity index (χ0v) is 12.0. The maximum absolute atomic E-state index is 11.8. The van der Waals surface area contributed by atoms with Gasteiger partial charge < -0.3 is 11.1 Å². The number of nitrogens with one attached hydrogen (secondary N) is 1. The highest BCUT2D eigenvalue weighted by atomic mass is 32.2. The van der Waals surface area contributed by atoms with Gasteiger partial charge in [0, 0.05) is 5.69 Å². The van der Waals surface area contributed by atoms with Crippen molar-refractivity contribution in [3.05, 3.63) is 23.8 Å². The second-order valence-electron chi connectivity index (χ2n) is 4.78. The molecule has 1 aromatic carbocycles. The third-order valence-corrected chi connectivity index (χ3v) is 3.84. The molecular weight excluding hydrogens is 266 g/mol. The molecule has 0 saturated carbocycles. The maximum Gasteiger partial charge on any atom is 0.241 e. The van der Waals surface area contributed by atoms with Crippen molar-refractivity contribution in [1.29, 1.82) is 0 Å². The van der Waals surface area contributed by atoms with Gasteiger partial charge in [0.1, 0.15) is 0 Å². The summed E-state index contributed by atoms with van der Waals surface area (Å²) >= 11 is 0. The average molecular weight is 285 g/mol. The smallest absolute Gasteiger partial charge is 0.241 e. The number of rotatable bonds is 4. The molecule has 0 heterocycles. The third-order valence-electron chi connectivity index (χ3n) is 2.78. The number of hydrogen-bond donors (Lipinski definition) is 3. The molecule has 0 aliphatic carbocycles. The van der Waals surface area contributed by atoms with E-state index in [9.17, 15) is 13.2 Å². The molecule has 0 saturated heterocycles. The standard InChI is InChI=1S/C12H19N3O3S/c1-7(2)11(13)12(16)15-9-5-4-8(3)10(6-9)19(14,17)18/h4-7,11H,13H2,1-3H3,(H,15,16)(H2,14,17,18)/t11-/m1/s1. The van der Waals surface area contributed by atoms with E-state index in [1.807, 2.05) is 13.8 Å². The second-order valence-corrected chi connectivity index (χ2v) is 6.31. The molecular formula is C12H19N3O3S. The first-order valence-corrected chi connectivity index (χ1v) is 7.37. The van der Waals surface area contributed by atoms with Crippen LogP contribution in [0.4, 0.5) is 5.69 Å². The van der Waals surface area contributed by atoms with E-state index in [2.05, 4.69) is 5.32 Å². The number of hydrogen-bond acceptors (Lipinski definition) is 4. The summed E-state index contributed by atoms with van der Waals surface area (Å²) in [7, 11) is -3.81. The minimum absolute atomic E-state index is 0.0107. The highest BCUT2D eigenvalue weighted by Gasteiger charge is 2.18. The summed E-state index contributed by atoms with van der Waals surface area (Å²) in [5.41, 5.74) is 6.59. The van der Waals surface area contributed by atoms with Crippen LogP contribution in [0.2, 0.25) is 0 Å². The van der Waals surface area contributed by atoms with E-state index < -0.39 is 16.1 Å². The van der Waals surface area contributed by atoms with Gasteiger partial charge in [-0.3, -0.25) is 4.79 Å². The molecule has 1 aromatic rings. The molecule has 6 nitrogen and oxygen atoms in total. The fourth-order valence-corrected chi connectivity index (χ4v) is 2.32. The number of nitrogens with two attached hydrogens (primary N) is 2. The fourth-order valence-electron chi connectivity index (χ4n) is 1.51. The van der Waals surface area contributed by atoms with Gasteiger partial charge >= 0.3 is 0 Å². The lowest BCUT2D eigenvalue weighted by Crippen LogP contribution is -2.39. The molecule has 1 atom stereocenters. The number of benzene rings is 1. The van der Waals surface area contributed by atoms with Crippen molar-refractivity contribution in [2.45, 2.75) is 31.7 Å². The van der Waals surface area contributed by atoms with Crippen LogP contribution in [0.5, 0.6) is 0 Å². The summed E-state index contributed by atoms with van der Waals surface area (Å²) in [6.07, 6.45) is 0. The van der Waals surface area contributed by atoms with Crippen molar-refractivity contribution >= 4 is 21.6 Å². The van der Waals surface area contributed by atoms with Crippen LogP contribution in [0.15, 0.2) is 23.1 Å². The van der Waals surface area contributed by atoms with E-state index in [1.54, 1.807) is 19.1 Å². The lowest BCUT2D eigenvalue weighted by atomic mass is 10.0. The van der Waals surface area contributed by atoms with Gasteiger partial charge in [0.25, 0.3) is 0 Å². The molecule has 5 N–H and O–H groups in total. The Morgan fingerprint density at radius 2 is 1.89 bits per heavy atom. The molecule has 1 amide bonds. The zero-order chi connectivity index (χ0) is 14.8. The van der Waals surface area contributed by atoms with E-state index in [1.165, 1.54) is 6.07 Å². The van der Waals surface area contributed by atoms with E-state index in [0.29, 0.717) is 11.3 Å². The maximum atomic E-state index is 11.8. The van der Waals surface area contributed by atoms with Crippen molar-refractivity contribution in [3.63, 3.8) is 0 Å². The monoisotopic (exact) mass is 285 g/mol. The summed E-state index contributed by atoms with van der Waals surface area (Å²) in [5.74, 6) is -0.373. The van der Waals surface area contributed by atoms with Gasteiger partial charge in [0.2, 0.25) is 15.9 Å². The second kappa shape index (κ2) is 5.68. The Labute approximate surface area is 113 Å². The van der Waals surface area contributed by atoms with Gasteiger partial charge in [-0.25, -0.2) is 13.6 Å². The summed E-state index contributed by atoms with van der Waals surface area (Å²) in [5, 5.41) is 7.68. The van der Waals surface area contributed by atoms with Crippen LogP contribution in [-0.2, 0) is 14.8 Å². The Hall–Kier alpha value is -1.44. The third kappa shape index (κ3) is 4.02. The zero-order valence-electron chi connectivity index (χ0n) is 11.2. The summed E-state index contributed by atoms with van der Waals surface area (Å²) in [6, 6.07) is 3.86. The molecule has 1 rings (SSSR count). The van der Waals surface area contributed by atoms with Crippen LogP contribution in [0.1, 0.15) is 19.4 Å². The van der Waals surface area contributed by atoms with E-state index in [4.69, 9.17) is 10.9 Å². The van der Waals surface area contributed by atoms with Crippen LogP contribution in [-0.4, -0.2) is 20.4 Å².